The lowest BCUT2D eigenvalue weighted by Gasteiger charge is -2.33. The Morgan fingerprint density at radius 1 is 1.63 bits per heavy atom. The average molecular weight is 274 g/mol. The molecule has 0 aromatic heterocycles. The fraction of sp³-hybridized carbons (Fsp3) is 0.833. The molecule has 1 fully saturated rings. The Labute approximate surface area is 112 Å². The Morgan fingerprint density at radius 2 is 2.37 bits per heavy atom. The number of carboxylic acid groups (broad SMARTS) is 1. The Bertz CT molecular complexity index is 310. The Hall–Kier alpha value is -1.18. The smallest absolute Gasteiger partial charge is 0.322 e. The molecule has 1 saturated heterocycles. The van der Waals surface area contributed by atoms with Crippen molar-refractivity contribution in [3.05, 3.63) is 0 Å². The molecular formula is C12H22N2O5. The van der Waals surface area contributed by atoms with Crippen molar-refractivity contribution in [2.24, 2.45) is 0 Å². The number of amides is 1. The van der Waals surface area contributed by atoms with Crippen LogP contribution in [0.2, 0.25) is 0 Å². The summed E-state index contributed by atoms with van der Waals surface area (Å²) in [5, 5.41) is 21.3. The van der Waals surface area contributed by atoms with Crippen molar-refractivity contribution in [3.8, 4) is 0 Å². The third kappa shape index (κ3) is 5.54. The molecule has 0 bridgehead atoms. The number of aliphatic hydroxyl groups is 1. The van der Waals surface area contributed by atoms with Crippen LogP contribution in [0.1, 0.15) is 19.8 Å². The van der Waals surface area contributed by atoms with Crippen LogP contribution in [0.25, 0.3) is 0 Å². The predicted molar refractivity (Wildman–Crippen MR) is 67.7 cm³/mol. The van der Waals surface area contributed by atoms with Crippen LogP contribution >= 0.6 is 0 Å². The molecule has 1 amide bonds. The molecule has 0 aromatic carbocycles. The summed E-state index contributed by atoms with van der Waals surface area (Å²) in [4.78, 5) is 23.8. The normalized spacial score (nSPS) is 22.0. The van der Waals surface area contributed by atoms with Crippen molar-refractivity contribution in [3.63, 3.8) is 0 Å². The molecule has 1 rings (SSSR count). The largest absolute Gasteiger partial charge is 0.480 e. The van der Waals surface area contributed by atoms with Gasteiger partial charge < -0.3 is 20.3 Å². The molecule has 110 valence electrons. The molecule has 0 radical (unpaired) electrons. The van der Waals surface area contributed by atoms with E-state index in [4.69, 9.17) is 9.84 Å². The van der Waals surface area contributed by atoms with Crippen molar-refractivity contribution >= 4 is 11.9 Å². The number of hydrogen-bond donors (Lipinski definition) is 3. The van der Waals surface area contributed by atoms with Crippen molar-refractivity contribution in [2.45, 2.75) is 31.9 Å². The second kappa shape index (κ2) is 8.08. The zero-order valence-electron chi connectivity index (χ0n) is 11.2. The topological polar surface area (TPSA) is 99.1 Å². The highest BCUT2D eigenvalue weighted by atomic mass is 16.5. The Morgan fingerprint density at radius 3 is 3.00 bits per heavy atom. The Kier molecular flexibility index (Phi) is 6.75. The number of unbranched alkanes of at least 4 members (excludes halogenated alkanes) is 1. The number of nitrogens with zero attached hydrogens (tertiary/aromatic N) is 1. The second-order valence-electron chi connectivity index (χ2n) is 4.67. The van der Waals surface area contributed by atoms with Gasteiger partial charge in [0.25, 0.3) is 0 Å². The lowest BCUT2D eigenvalue weighted by atomic mass is 10.1. The maximum atomic E-state index is 11.3. The van der Waals surface area contributed by atoms with Gasteiger partial charge in [-0.1, -0.05) is 13.3 Å². The molecule has 7 nitrogen and oxygen atoms in total. The quantitative estimate of drug-likeness (QED) is 0.494. The van der Waals surface area contributed by atoms with Gasteiger partial charge in [-0.2, -0.15) is 0 Å². The van der Waals surface area contributed by atoms with Crippen LogP contribution in [0, 0.1) is 0 Å². The van der Waals surface area contributed by atoms with Crippen molar-refractivity contribution in [2.75, 3.05) is 32.8 Å². The molecule has 2 unspecified atom stereocenters. The van der Waals surface area contributed by atoms with Crippen LogP contribution < -0.4 is 5.32 Å². The highest BCUT2D eigenvalue weighted by molar-refractivity contribution is 5.83. The molecule has 19 heavy (non-hydrogen) atoms. The highest BCUT2D eigenvalue weighted by Crippen LogP contribution is 2.06. The summed E-state index contributed by atoms with van der Waals surface area (Å²) in [7, 11) is 0. The first-order valence-corrected chi connectivity index (χ1v) is 6.54. The second-order valence-corrected chi connectivity index (χ2v) is 4.67. The molecular weight excluding hydrogens is 252 g/mol. The molecule has 3 N–H and O–H groups in total. The third-order valence-corrected chi connectivity index (χ3v) is 2.96. The minimum atomic E-state index is -1.00. The number of piperazine rings is 1. The number of β-amino-alcohol motifs (C(OH)–C–C–N with tert-alkyl or cyclic N) is 1. The van der Waals surface area contributed by atoms with Gasteiger partial charge in [0.1, 0.15) is 6.04 Å². The predicted octanol–water partition coefficient (Wildman–Crippen LogP) is -0.951. The molecule has 0 aliphatic carbocycles. The van der Waals surface area contributed by atoms with E-state index in [-0.39, 0.29) is 32.1 Å². The van der Waals surface area contributed by atoms with E-state index < -0.39 is 18.1 Å². The van der Waals surface area contributed by atoms with E-state index in [9.17, 15) is 14.7 Å². The number of carbonyl (C=O) groups is 2. The van der Waals surface area contributed by atoms with Gasteiger partial charge in [-0.25, -0.2) is 0 Å². The van der Waals surface area contributed by atoms with Gasteiger partial charge in [-0.15, -0.1) is 0 Å². The van der Waals surface area contributed by atoms with E-state index in [1.807, 2.05) is 6.92 Å². The number of aliphatic hydroxyl groups excluding tert-OH is 1. The van der Waals surface area contributed by atoms with Crippen LogP contribution in [-0.2, 0) is 14.3 Å². The van der Waals surface area contributed by atoms with Crippen LogP contribution in [0.4, 0.5) is 0 Å². The Balaban J connectivity index is 2.38. The van der Waals surface area contributed by atoms with Gasteiger partial charge in [0.2, 0.25) is 5.91 Å². The molecule has 1 heterocycles. The minimum Gasteiger partial charge on any atom is -0.480 e. The summed E-state index contributed by atoms with van der Waals surface area (Å²) in [6.07, 6.45) is 1.16. The first kappa shape index (κ1) is 15.9. The summed E-state index contributed by atoms with van der Waals surface area (Å²) in [5.41, 5.74) is 0. The van der Waals surface area contributed by atoms with Crippen LogP contribution in [0.5, 0.6) is 0 Å². The zero-order valence-corrected chi connectivity index (χ0v) is 11.2. The molecule has 0 aromatic rings. The van der Waals surface area contributed by atoms with E-state index in [0.717, 1.165) is 12.8 Å². The summed E-state index contributed by atoms with van der Waals surface area (Å²) in [6, 6.07) is -0.789. The lowest BCUT2D eigenvalue weighted by Crippen LogP contribution is -2.59. The third-order valence-electron chi connectivity index (χ3n) is 2.96. The number of rotatable bonds is 8. The minimum absolute atomic E-state index is 0.0109. The fourth-order valence-corrected chi connectivity index (χ4v) is 1.91. The number of carboxylic acids is 1. The number of ether oxygens (including phenoxy) is 1. The molecule has 1 aliphatic heterocycles. The standard InChI is InChI=1S/C12H22N2O5/c1-2-3-4-19-8-9(15)6-14-7-11(16)13-5-10(14)12(17)18/h9-10,15H,2-8H2,1H3,(H,13,16)(H,17,18). The van der Waals surface area contributed by atoms with E-state index in [0.29, 0.717) is 6.61 Å². The zero-order chi connectivity index (χ0) is 14.3. The monoisotopic (exact) mass is 274 g/mol. The van der Waals surface area contributed by atoms with Gasteiger partial charge in [0.15, 0.2) is 0 Å². The number of carbonyl (C=O) groups excluding carboxylic acids is 1. The molecule has 7 heteroatoms. The van der Waals surface area contributed by atoms with Crippen LogP contribution in [0.15, 0.2) is 0 Å². The van der Waals surface area contributed by atoms with E-state index in [2.05, 4.69) is 5.32 Å². The number of nitrogens with one attached hydrogen (secondary N) is 1. The summed E-state index contributed by atoms with van der Waals surface area (Å²) >= 11 is 0. The van der Waals surface area contributed by atoms with Gasteiger partial charge in [-0.3, -0.25) is 14.5 Å². The van der Waals surface area contributed by atoms with Gasteiger partial charge in [-0.05, 0) is 6.42 Å². The molecule has 2 atom stereocenters. The lowest BCUT2D eigenvalue weighted by molar-refractivity contribution is -0.147. The first-order chi connectivity index (χ1) is 9.04. The van der Waals surface area contributed by atoms with E-state index in [1.54, 1.807) is 0 Å². The van der Waals surface area contributed by atoms with E-state index in [1.165, 1.54) is 4.90 Å². The molecule has 1 aliphatic rings. The maximum absolute atomic E-state index is 11.3. The van der Waals surface area contributed by atoms with Gasteiger partial charge in [0.05, 0.1) is 19.3 Å². The first-order valence-electron chi connectivity index (χ1n) is 6.54. The van der Waals surface area contributed by atoms with Crippen molar-refractivity contribution < 1.29 is 24.5 Å². The van der Waals surface area contributed by atoms with Crippen molar-refractivity contribution in [1.29, 1.82) is 0 Å². The maximum Gasteiger partial charge on any atom is 0.322 e. The highest BCUT2D eigenvalue weighted by Gasteiger charge is 2.32. The van der Waals surface area contributed by atoms with Gasteiger partial charge in [0, 0.05) is 19.7 Å². The SMILES string of the molecule is CCCCOCC(O)CN1CC(=O)NCC1C(=O)O. The summed E-state index contributed by atoms with van der Waals surface area (Å²) in [6.45, 7) is 2.96. The number of hydrogen-bond acceptors (Lipinski definition) is 5. The van der Waals surface area contributed by atoms with Crippen molar-refractivity contribution in [1.82, 2.24) is 10.2 Å². The van der Waals surface area contributed by atoms with Gasteiger partial charge >= 0.3 is 5.97 Å². The summed E-state index contributed by atoms with van der Waals surface area (Å²) < 4.78 is 5.28. The average Bonchev–Trinajstić information content (AvgIpc) is 2.34. The fourth-order valence-electron chi connectivity index (χ4n) is 1.91. The van der Waals surface area contributed by atoms with E-state index >= 15 is 0 Å². The molecule has 0 spiro atoms. The summed E-state index contributed by atoms with van der Waals surface area (Å²) in [5.74, 6) is -1.23. The number of aliphatic carboxylic acids is 1. The molecule has 0 saturated carbocycles. The van der Waals surface area contributed by atoms with Crippen LogP contribution in [0.3, 0.4) is 0 Å². The van der Waals surface area contributed by atoms with Crippen LogP contribution in [-0.4, -0.2) is 72.0 Å².